The van der Waals surface area contributed by atoms with Crippen LogP contribution in [0, 0.1) is 0 Å². The molecule has 0 aliphatic carbocycles. The van der Waals surface area contributed by atoms with Crippen LogP contribution in [0.3, 0.4) is 0 Å². The standard InChI is InChI=1S/C11H14N2O2/c1-8(14)12-7-10-3-5-11(6-4-10)13-9(2)15/h3-6H,7H2,1-2H3,(H,12,14)(H,13,15). The van der Waals surface area contributed by atoms with Crippen molar-refractivity contribution in [1.29, 1.82) is 0 Å². The number of anilines is 1. The van der Waals surface area contributed by atoms with Gasteiger partial charge in [0.2, 0.25) is 11.8 Å². The zero-order valence-corrected chi connectivity index (χ0v) is 8.83. The molecule has 1 aromatic rings. The highest BCUT2D eigenvalue weighted by molar-refractivity contribution is 5.88. The molecule has 0 fully saturated rings. The Hall–Kier alpha value is -1.84. The van der Waals surface area contributed by atoms with E-state index in [0.717, 1.165) is 11.3 Å². The molecule has 0 aliphatic heterocycles. The van der Waals surface area contributed by atoms with Crippen molar-refractivity contribution in [1.82, 2.24) is 5.32 Å². The van der Waals surface area contributed by atoms with Crippen LogP contribution in [-0.4, -0.2) is 11.8 Å². The van der Waals surface area contributed by atoms with E-state index in [-0.39, 0.29) is 11.8 Å². The molecule has 0 unspecified atom stereocenters. The molecule has 0 bridgehead atoms. The zero-order chi connectivity index (χ0) is 11.3. The van der Waals surface area contributed by atoms with E-state index in [1.54, 1.807) is 12.1 Å². The van der Waals surface area contributed by atoms with Crippen molar-refractivity contribution in [3.8, 4) is 0 Å². The second-order valence-corrected chi connectivity index (χ2v) is 3.29. The molecule has 0 heterocycles. The first-order valence-electron chi connectivity index (χ1n) is 4.69. The first kappa shape index (κ1) is 11.2. The van der Waals surface area contributed by atoms with Gasteiger partial charge in [-0.05, 0) is 17.7 Å². The molecule has 0 radical (unpaired) electrons. The van der Waals surface area contributed by atoms with Crippen LogP contribution in [0.4, 0.5) is 5.69 Å². The van der Waals surface area contributed by atoms with Gasteiger partial charge in [0, 0.05) is 26.1 Å². The molecule has 2 amide bonds. The van der Waals surface area contributed by atoms with E-state index in [0.29, 0.717) is 6.54 Å². The monoisotopic (exact) mass is 206 g/mol. The Balaban J connectivity index is 2.56. The van der Waals surface area contributed by atoms with Crippen LogP contribution in [-0.2, 0) is 16.1 Å². The summed E-state index contributed by atoms with van der Waals surface area (Å²) in [4.78, 5) is 21.4. The predicted molar refractivity (Wildman–Crippen MR) is 58.3 cm³/mol. The number of benzene rings is 1. The van der Waals surface area contributed by atoms with E-state index in [1.165, 1.54) is 13.8 Å². The van der Waals surface area contributed by atoms with E-state index in [2.05, 4.69) is 10.6 Å². The summed E-state index contributed by atoms with van der Waals surface area (Å²) in [7, 11) is 0. The van der Waals surface area contributed by atoms with Gasteiger partial charge in [0.1, 0.15) is 0 Å². The fourth-order valence-corrected chi connectivity index (χ4v) is 1.14. The fourth-order valence-electron chi connectivity index (χ4n) is 1.14. The number of amides is 2. The third kappa shape index (κ3) is 4.26. The molecule has 0 aromatic heterocycles. The lowest BCUT2D eigenvalue weighted by atomic mass is 10.2. The van der Waals surface area contributed by atoms with Crippen LogP contribution in [0.5, 0.6) is 0 Å². The van der Waals surface area contributed by atoms with E-state index in [4.69, 9.17) is 0 Å². The van der Waals surface area contributed by atoms with Crippen molar-refractivity contribution in [2.75, 3.05) is 5.32 Å². The van der Waals surface area contributed by atoms with Gasteiger partial charge in [-0.15, -0.1) is 0 Å². The molecule has 15 heavy (non-hydrogen) atoms. The molecule has 0 spiro atoms. The van der Waals surface area contributed by atoms with Gasteiger partial charge in [-0.3, -0.25) is 9.59 Å². The topological polar surface area (TPSA) is 58.2 Å². The Morgan fingerprint density at radius 1 is 1.07 bits per heavy atom. The molecule has 1 rings (SSSR count). The molecule has 0 saturated carbocycles. The molecule has 0 saturated heterocycles. The van der Waals surface area contributed by atoms with Gasteiger partial charge >= 0.3 is 0 Å². The maximum atomic E-state index is 10.7. The Morgan fingerprint density at radius 2 is 1.67 bits per heavy atom. The van der Waals surface area contributed by atoms with Crippen LogP contribution in [0.2, 0.25) is 0 Å². The number of rotatable bonds is 3. The van der Waals surface area contributed by atoms with Crippen molar-refractivity contribution in [3.05, 3.63) is 29.8 Å². The SMILES string of the molecule is CC(=O)NCc1ccc(NC(C)=O)cc1. The minimum absolute atomic E-state index is 0.0547. The van der Waals surface area contributed by atoms with Crippen LogP contribution in [0.1, 0.15) is 19.4 Å². The van der Waals surface area contributed by atoms with Crippen LogP contribution >= 0.6 is 0 Å². The lowest BCUT2D eigenvalue weighted by molar-refractivity contribution is -0.119. The number of hydrogen-bond acceptors (Lipinski definition) is 2. The van der Waals surface area contributed by atoms with E-state index >= 15 is 0 Å². The minimum Gasteiger partial charge on any atom is -0.352 e. The Labute approximate surface area is 88.7 Å². The van der Waals surface area contributed by atoms with E-state index in [9.17, 15) is 9.59 Å². The quantitative estimate of drug-likeness (QED) is 0.782. The molecular weight excluding hydrogens is 192 g/mol. The van der Waals surface area contributed by atoms with Crippen molar-refractivity contribution in [2.45, 2.75) is 20.4 Å². The lowest BCUT2D eigenvalue weighted by Crippen LogP contribution is -2.18. The molecule has 1 aromatic carbocycles. The summed E-state index contributed by atoms with van der Waals surface area (Å²) in [5.41, 5.74) is 1.76. The molecule has 80 valence electrons. The largest absolute Gasteiger partial charge is 0.352 e. The van der Waals surface area contributed by atoms with Crippen molar-refractivity contribution in [2.24, 2.45) is 0 Å². The predicted octanol–water partition coefficient (Wildman–Crippen LogP) is 1.28. The highest BCUT2D eigenvalue weighted by Gasteiger charge is 1.97. The Kier molecular flexibility index (Phi) is 3.85. The van der Waals surface area contributed by atoms with Gasteiger partial charge < -0.3 is 10.6 Å². The van der Waals surface area contributed by atoms with Crippen LogP contribution in [0.15, 0.2) is 24.3 Å². The minimum atomic E-state index is -0.0930. The summed E-state index contributed by atoms with van der Waals surface area (Å²) in [6, 6.07) is 7.33. The van der Waals surface area contributed by atoms with Gasteiger partial charge in [-0.25, -0.2) is 0 Å². The van der Waals surface area contributed by atoms with Gasteiger partial charge in [-0.2, -0.15) is 0 Å². The van der Waals surface area contributed by atoms with Gasteiger partial charge in [0.05, 0.1) is 0 Å². The smallest absolute Gasteiger partial charge is 0.221 e. The number of carbonyl (C=O) groups excluding carboxylic acids is 2. The summed E-state index contributed by atoms with van der Waals surface area (Å²) in [5.74, 6) is -0.148. The Morgan fingerprint density at radius 3 is 2.13 bits per heavy atom. The third-order valence-corrected chi connectivity index (χ3v) is 1.82. The molecule has 0 aliphatic rings. The first-order chi connectivity index (χ1) is 7.08. The molecule has 4 nitrogen and oxygen atoms in total. The second-order valence-electron chi connectivity index (χ2n) is 3.29. The van der Waals surface area contributed by atoms with Gasteiger partial charge in [-0.1, -0.05) is 12.1 Å². The van der Waals surface area contributed by atoms with Crippen LogP contribution in [0.25, 0.3) is 0 Å². The maximum Gasteiger partial charge on any atom is 0.221 e. The van der Waals surface area contributed by atoms with Crippen molar-refractivity contribution >= 4 is 17.5 Å². The van der Waals surface area contributed by atoms with Crippen LogP contribution < -0.4 is 10.6 Å². The van der Waals surface area contributed by atoms with Crippen molar-refractivity contribution in [3.63, 3.8) is 0 Å². The summed E-state index contributed by atoms with van der Waals surface area (Å²) >= 11 is 0. The normalized spacial score (nSPS) is 9.47. The molecule has 2 N–H and O–H groups in total. The zero-order valence-electron chi connectivity index (χ0n) is 8.83. The first-order valence-corrected chi connectivity index (χ1v) is 4.69. The number of nitrogens with one attached hydrogen (secondary N) is 2. The molecule has 4 heteroatoms. The number of carbonyl (C=O) groups is 2. The van der Waals surface area contributed by atoms with Gasteiger partial charge in [0.15, 0.2) is 0 Å². The van der Waals surface area contributed by atoms with Crippen molar-refractivity contribution < 1.29 is 9.59 Å². The maximum absolute atomic E-state index is 10.7. The highest BCUT2D eigenvalue weighted by Crippen LogP contribution is 2.09. The van der Waals surface area contributed by atoms with E-state index in [1.807, 2.05) is 12.1 Å². The third-order valence-electron chi connectivity index (χ3n) is 1.82. The number of hydrogen-bond donors (Lipinski definition) is 2. The molecular formula is C11H14N2O2. The highest BCUT2D eigenvalue weighted by atomic mass is 16.2. The lowest BCUT2D eigenvalue weighted by Gasteiger charge is -2.04. The van der Waals surface area contributed by atoms with Gasteiger partial charge in [0.25, 0.3) is 0 Å². The fraction of sp³-hybridized carbons (Fsp3) is 0.273. The average molecular weight is 206 g/mol. The van der Waals surface area contributed by atoms with E-state index < -0.39 is 0 Å². The summed E-state index contributed by atoms with van der Waals surface area (Å²) in [6.07, 6.45) is 0. The second kappa shape index (κ2) is 5.14. The summed E-state index contributed by atoms with van der Waals surface area (Å²) in [5, 5.41) is 5.37. The summed E-state index contributed by atoms with van der Waals surface area (Å²) in [6.45, 7) is 3.45. The summed E-state index contributed by atoms with van der Waals surface area (Å²) < 4.78 is 0. The Bertz CT molecular complexity index is 357. The molecule has 0 atom stereocenters. The average Bonchev–Trinajstić information content (AvgIpc) is 2.16.